The summed E-state index contributed by atoms with van der Waals surface area (Å²) in [6, 6.07) is 33.0. The number of para-hydroxylation sites is 1. The van der Waals surface area contributed by atoms with Crippen LogP contribution in [0.1, 0.15) is 54.2 Å². The van der Waals surface area contributed by atoms with Crippen molar-refractivity contribution >= 4 is 43.8 Å². The van der Waals surface area contributed by atoms with E-state index in [1.807, 2.05) is 36.4 Å². The highest BCUT2D eigenvalue weighted by atomic mass is 32.2. The lowest BCUT2D eigenvalue weighted by atomic mass is 9.82. The average molecular weight is 680 g/mol. The zero-order valence-corrected chi connectivity index (χ0v) is 28.7. The number of rotatable bonds is 9. The van der Waals surface area contributed by atoms with Gasteiger partial charge in [0.2, 0.25) is 10.0 Å². The quantitative estimate of drug-likeness (QED) is 0.154. The number of carbonyl (C=O) groups is 1. The Kier molecular flexibility index (Phi) is 8.08. The minimum atomic E-state index is -3.62. The molecule has 1 aliphatic rings. The highest BCUT2D eigenvalue weighted by molar-refractivity contribution is 7.92. The smallest absolute Gasteiger partial charge is 0.229 e. The van der Waals surface area contributed by atoms with Gasteiger partial charge in [-0.05, 0) is 65.9 Å². The maximum atomic E-state index is 14.3. The van der Waals surface area contributed by atoms with Gasteiger partial charge in [0.05, 0.1) is 40.5 Å². The van der Waals surface area contributed by atoms with E-state index in [2.05, 4.69) is 36.9 Å². The summed E-state index contributed by atoms with van der Waals surface area (Å²) in [4.78, 5) is 24.4. The van der Waals surface area contributed by atoms with E-state index in [1.54, 1.807) is 66.7 Å². The Hall–Kier alpha value is -6.05. The third-order valence-corrected chi connectivity index (χ3v) is 9.69. The second kappa shape index (κ2) is 12.4. The molecule has 248 valence electrons. The largest absolute Gasteiger partial charge is 0.455 e. The zero-order valence-electron chi connectivity index (χ0n) is 27.9. The van der Waals surface area contributed by atoms with Crippen molar-refractivity contribution in [3.05, 3.63) is 125 Å². The fraction of sp³-hybridized carbons (Fsp3) is 0.150. The summed E-state index contributed by atoms with van der Waals surface area (Å²) in [6.07, 6.45) is 2.06. The molecular weight excluding hydrogens is 647 g/mol. The first kappa shape index (κ1) is 32.5. The van der Waals surface area contributed by atoms with Crippen LogP contribution in [0.2, 0.25) is 0 Å². The summed E-state index contributed by atoms with van der Waals surface area (Å²) >= 11 is 0. The molecule has 0 atom stereocenters. The van der Waals surface area contributed by atoms with E-state index in [-0.39, 0.29) is 17.0 Å². The molecule has 10 heteroatoms. The second-order valence-electron chi connectivity index (χ2n) is 12.9. The van der Waals surface area contributed by atoms with E-state index in [4.69, 9.17) is 14.7 Å². The van der Waals surface area contributed by atoms with Crippen LogP contribution in [0.5, 0.6) is 11.5 Å². The predicted molar refractivity (Wildman–Crippen MR) is 197 cm³/mol. The first-order valence-corrected chi connectivity index (χ1v) is 18.0. The van der Waals surface area contributed by atoms with Crippen LogP contribution < -0.4 is 14.8 Å². The Morgan fingerprint density at radius 2 is 1.50 bits per heavy atom. The van der Waals surface area contributed by atoms with Gasteiger partial charge in [0.15, 0.2) is 17.4 Å². The molecule has 0 fully saturated rings. The molecule has 0 radical (unpaired) electrons. The number of carbonyl (C=O) groups excluding carboxylic acids is 1. The number of nitrogens with zero attached hydrogens (tertiary/aromatic N) is 3. The number of ether oxygens (including phenoxy) is 1. The zero-order chi connectivity index (χ0) is 35.2. The fourth-order valence-corrected chi connectivity index (χ4v) is 6.67. The van der Waals surface area contributed by atoms with Gasteiger partial charge in [-0.3, -0.25) is 9.52 Å². The molecule has 0 saturated carbocycles. The van der Waals surface area contributed by atoms with Crippen molar-refractivity contribution in [2.75, 3.05) is 16.3 Å². The lowest BCUT2D eigenvalue weighted by molar-refractivity contribution is 0.104. The van der Waals surface area contributed by atoms with Crippen molar-refractivity contribution in [2.24, 2.45) is 0 Å². The van der Waals surface area contributed by atoms with Crippen molar-refractivity contribution < 1.29 is 17.9 Å². The van der Waals surface area contributed by atoms with Gasteiger partial charge in [-0.1, -0.05) is 69.3 Å². The van der Waals surface area contributed by atoms with Gasteiger partial charge in [-0.2, -0.15) is 5.26 Å². The normalized spacial score (nSPS) is 12.3. The van der Waals surface area contributed by atoms with Crippen molar-refractivity contribution in [1.82, 2.24) is 9.97 Å². The fourth-order valence-electron chi connectivity index (χ4n) is 6.09. The first-order valence-electron chi connectivity index (χ1n) is 16.1. The molecule has 7 rings (SSSR count). The summed E-state index contributed by atoms with van der Waals surface area (Å²) in [7, 11) is -3.62. The molecule has 1 heterocycles. The first-order chi connectivity index (χ1) is 24.0. The Morgan fingerprint density at radius 1 is 0.840 bits per heavy atom. The van der Waals surface area contributed by atoms with Crippen LogP contribution in [0.4, 0.5) is 17.1 Å². The number of nitriles is 1. The van der Waals surface area contributed by atoms with Gasteiger partial charge in [-0.25, -0.2) is 18.4 Å². The lowest BCUT2D eigenvalue weighted by Gasteiger charge is -2.25. The van der Waals surface area contributed by atoms with E-state index in [0.717, 1.165) is 12.7 Å². The summed E-state index contributed by atoms with van der Waals surface area (Å²) in [6.45, 7) is 6.54. The molecule has 0 spiro atoms. The van der Waals surface area contributed by atoms with Crippen LogP contribution in [0, 0.1) is 11.3 Å². The molecular formula is C40H33N5O4S. The number of ketones is 1. The number of aromatic nitrogens is 2. The van der Waals surface area contributed by atoms with Gasteiger partial charge < -0.3 is 10.1 Å². The number of fused-ring (bicyclic) bond motifs is 2. The second-order valence-corrected chi connectivity index (χ2v) is 14.6. The van der Waals surface area contributed by atoms with Gasteiger partial charge in [0, 0.05) is 33.8 Å². The van der Waals surface area contributed by atoms with Crippen LogP contribution >= 0.6 is 0 Å². The maximum absolute atomic E-state index is 14.3. The maximum Gasteiger partial charge on any atom is 0.229 e. The van der Waals surface area contributed by atoms with Gasteiger partial charge >= 0.3 is 0 Å². The summed E-state index contributed by atoms with van der Waals surface area (Å²) < 4.78 is 33.9. The highest BCUT2D eigenvalue weighted by Crippen LogP contribution is 2.47. The number of hydrogen-bond donors (Lipinski definition) is 2. The number of anilines is 3. The molecule has 0 bridgehead atoms. The van der Waals surface area contributed by atoms with E-state index in [9.17, 15) is 18.5 Å². The van der Waals surface area contributed by atoms with Gasteiger partial charge in [0.25, 0.3) is 0 Å². The van der Waals surface area contributed by atoms with Crippen molar-refractivity contribution in [3.63, 3.8) is 0 Å². The third kappa shape index (κ3) is 6.04. The molecule has 6 aromatic rings. The lowest BCUT2D eigenvalue weighted by Crippen LogP contribution is -2.15. The van der Waals surface area contributed by atoms with E-state index >= 15 is 0 Å². The van der Waals surface area contributed by atoms with Crippen molar-refractivity contribution in [2.45, 2.75) is 32.6 Å². The summed E-state index contributed by atoms with van der Waals surface area (Å²) in [5.41, 5.74) is 5.97. The van der Waals surface area contributed by atoms with E-state index < -0.39 is 10.0 Å². The van der Waals surface area contributed by atoms with Crippen molar-refractivity contribution in [3.8, 4) is 40.2 Å². The Morgan fingerprint density at radius 3 is 2.16 bits per heavy atom. The summed E-state index contributed by atoms with van der Waals surface area (Å²) in [5.74, 6) is 0.992. The monoisotopic (exact) mass is 679 g/mol. The van der Waals surface area contributed by atoms with Gasteiger partial charge in [0.1, 0.15) is 11.3 Å². The van der Waals surface area contributed by atoms with Gasteiger partial charge in [-0.15, -0.1) is 0 Å². The Labute approximate surface area is 290 Å². The van der Waals surface area contributed by atoms with E-state index in [1.165, 1.54) is 5.56 Å². The Bertz CT molecular complexity index is 2470. The number of sulfonamides is 1. The molecule has 9 nitrogen and oxygen atoms in total. The molecule has 50 heavy (non-hydrogen) atoms. The standard InChI is InChI=1S/C40H33N5O4S/c1-5-40(2,3)25-16-20-27(21-17-25)49-33-22-32(42-26-18-14-24(23-41)15-19-26)34-35-36(28-10-6-7-11-29(28)38(34)46)43-39(44-37(33)35)30-12-8-9-13-31(30)45-50(4,47)48/h6-22,42,45H,5H2,1-4H3. The molecule has 0 amide bonds. The number of benzene rings is 5. The minimum absolute atomic E-state index is 0.0137. The molecule has 0 saturated heterocycles. The van der Waals surface area contributed by atoms with Crippen LogP contribution in [0.3, 0.4) is 0 Å². The summed E-state index contributed by atoms with van der Waals surface area (Å²) in [5, 5.41) is 13.2. The number of hydrogen-bond acceptors (Lipinski definition) is 8. The molecule has 0 unspecified atom stereocenters. The molecule has 5 aromatic carbocycles. The topological polar surface area (TPSA) is 134 Å². The highest BCUT2D eigenvalue weighted by Gasteiger charge is 2.32. The third-order valence-electron chi connectivity index (χ3n) is 9.09. The molecule has 2 N–H and O–H groups in total. The van der Waals surface area contributed by atoms with Crippen molar-refractivity contribution in [1.29, 1.82) is 5.26 Å². The van der Waals surface area contributed by atoms with Crippen LogP contribution in [-0.4, -0.2) is 30.4 Å². The number of nitrogens with one attached hydrogen (secondary N) is 2. The van der Waals surface area contributed by atoms with Crippen LogP contribution in [0.25, 0.3) is 33.5 Å². The molecule has 0 aliphatic heterocycles. The molecule has 1 aromatic heterocycles. The molecule has 1 aliphatic carbocycles. The van der Waals surface area contributed by atoms with Crippen LogP contribution in [-0.2, 0) is 15.4 Å². The SMILES string of the molecule is CCC(C)(C)c1ccc(Oc2cc(Nc3ccc(C#N)cc3)c3c4c(nc(-c5ccccc5NS(C)(=O)=O)nc24)-c2ccccc2C3=O)cc1. The minimum Gasteiger partial charge on any atom is -0.455 e. The van der Waals surface area contributed by atoms with Crippen LogP contribution in [0.15, 0.2) is 103 Å². The Balaban J connectivity index is 1.50. The van der Waals surface area contributed by atoms with E-state index in [0.29, 0.717) is 73.0 Å². The predicted octanol–water partition coefficient (Wildman–Crippen LogP) is 8.97. The average Bonchev–Trinajstić information content (AvgIpc) is 3.11.